The fourth-order valence-electron chi connectivity index (χ4n) is 2.01. The Morgan fingerprint density at radius 3 is 2.30 bits per heavy atom. The first-order chi connectivity index (χ1) is 11.3. The topological polar surface area (TPSA) is 55.1 Å². The molecular formula is C19H14N2O2. The summed E-state index contributed by atoms with van der Waals surface area (Å²) in [4.78, 5) is 4.10. The van der Waals surface area contributed by atoms with Gasteiger partial charge in [0.2, 0.25) is 5.88 Å². The molecule has 0 saturated heterocycles. The number of para-hydroxylation sites is 2. The third kappa shape index (κ3) is 3.86. The van der Waals surface area contributed by atoms with Crippen LogP contribution >= 0.6 is 0 Å². The molecule has 112 valence electrons. The average Bonchev–Trinajstić information content (AvgIpc) is 2.62. The van der Waals surface area contributed by atoms with Gasteiger partial charge < -0.3 is 9.47 Å². The van der Waals surface area contributed by atoms with E-state index < -0.39 is 0 Å². The van der Waals surface area contributed by atoms with Gasteiger partial charge in [0.25, 0.3) is 0 Å². The van der Waals surface area contributed by atoms with Gasteiger partial charge in [-0.05, 0) is 23.8 Å². The Morgan fingerprint density at radius 2 is 1.61 bits per heavy atom. The van der Waals surface area contributed by atoms with Crippen molar-refractivity contribution in [2.45, 2.75) is 6.61 Å². The van der Waals surface area contributed by atoms with Crippen molar-refractivity contribution in [2.75, 3.05) is 0 Å². The van der Waals surface area contributed by atoms with E-state index >= 15 is 0 Å². The third-order valence-corrected chi connectivity index (χ3v) is 3.17. The van der Waals surface area contributed by atoms with Crippen LogP contribution in [0, 0.1) is 11.3 Å². The predicted molar refractivity (Wildman–Crippen MR) is 86.2 cm³/mol. The number of ether oxygens (including phenoxy) is 2. The Hall–Kier alpha value is -3.32. The highest BCUT2D eigenvalue weighted by Crippen LogP contribution is 2.30. The Morgan fingerprint density at radius 1 is 0.870 bits per heavy atom. The Kier molecular flexibility index (Phi) is 4.51. The van der Waals surface area contributed by atoms with E-state index in [1.54, 1.807) is 12.1 Å². The number of pyridine rings is 1. The maximum Gasteiger partial charge on any atom is 0.219 e. The van der Waals surface area contributed by atoms with Gasteiger partial charge in [-0.15, -0.1) is 0 Å². The first-order valence-electron chi connectivity index (χ1n) is 7.15. The zero-order valence-electron chi connectivity index (χ0n) is 12.3. The second-order valence-electron chi connectivity index (χ2n) is 4.82. The molecule has 0 unspecified atom stereocenters. The molecular weight excluding hydrogens is 288 g/mol. The average molecular weight is 302 g/mol. The Balaban J connectivity index is 1.73. The molecule has 0 N–H and O–H groups in total. The molecule has 3 rings (SSSR count). The first kappa shape index (κ1) is 14.6. The summed E-state index contributed by atoms with van der Waals surface area (Å²) in [5.74, 6) is 1.64. The molecule has 0 bridgehead atoms. The summed E-state index contributed by atoms with van der Waals surface area (Å²) < 4.78 is 11.6. The van der Waals surface area contributed by atoms with Crippen LogP contribution < -0.4 is 9.47 Å². The first-order valence-corrected chi connectivity index (χ1v) is 7.15. The highest BCUT2D eigenvalue weighted by molar-refractivity contribution is 5.42. The van der Waals surface area contributed by atoms with E-state index in [4.69, 9.17) is 14.7 Å². The van der Waals surface area contributed by atoms with Gasteiger partial charge in [-0.2, -0.15) is 5.26 Å². The van der Waals surface area contributed by atoms with Crippen molar-refractivity contribution in [3.05, 3.63) is 84.1 Å². The van der Waals surface area contributed by atoms with Crippen LogP contribution in [0.4, 0.5) is 0 Å². The molecule has 1 heterocycles. The molecule has 0 spiro atoms. The Bertz CT molecular complexity index is 809. The number of benzene rings is 2. The van der Waals surface area contributed by atoms with E-state index in [-0.39, 0.29) is 0 Å². The SMILES string of the molecule is N#Cc1ccc(Oc2ccccc2OCc2ccccc2)nc1. The number of aromatic nitrogens is 1. The van der Waals surface area contributed by atoms with Gasteiger partial charge in [0.1, 0.15) is 12.7 Å². The summed E-state index contributed by atoms with van der Waals surface area (Å²) >= 11 is 0. The smallest absolute Gasteiger partial charge is 0.219 e. The molecule has 0 aliphatic heterocycles. The lowest BCUT2D eigenvalue weighted by Gasteiger charge is -2.11. The standard InChI is InChI=1S/C19H14N2O2/c20-12-16-10-11-19(21-13-16)23-18-9-5-4-8-17(18)22-14-15-6-2-1-3-7-15/h1-11,13H,14H2. The zero-order valence-corrected chi connectivity index (χ0v) is 12.3. The number of nitrogens with zero attached hydrogens (tertiary/aromatic N) is 2. The van der Waals surface area contributed by atoms with Crippen LogP contribution in [-0.4, -0.2) is 4.98 Å². The number of rotatable bonds is 5. The summed E-state index contributed by atoms with van der Waals surface area (Å²) in [6.07, 6.45) is 1.47. The lowest BCUT2D eigenvalue weighted by atomic mass is 10.2. The van der Waals surface area contributed by atoms with Crippen molar-refractivity contribution in [3.63, 3.8) is 0 Å². The normalized spacial score (nSPS) is 9.87. The van der Waals surface area contributed by atoms with Gasteiger partial charge in [-0.1, -0.05) is 42.5 Å². The monoisotopic (exact) mass is 302 g/mol. The largest absolute Gasteiger partial charge is 0.485 e. The Labute approximate surface area is 134 Å². The van der Waals surface area contributed by atoms with E-state index in [2.05, 4.69) is 4.98 Å². The third-order valence-electron chi connectivity index (χ3n) is 3.17. The lowest BCUT2D eigenvalue weighted by molar-refractivity contribution is 0.290. The van der Waals surface area contributed by atoms with Crippen molar-refractivity contribution in [1.82, 2.24) is 4.98 Å². The number of nitriles is 1. The quantitative estimate of drug-likeness (QED) is 0.704. The van der Waals surface area contributed by atoms with Gasteiger partial charge >= 0.3 is 0 Å². The van der Waals surface area contributed by atoms with Crippen molar-refractivity contribution < 1.29 is 9.47 Å². The molecule has 4 nitrogen and oxygen atoms in total. The number of hydrogen-bond donors (Lipinski definition) is 0. The van der Waals surface area contributed by atoms with Crippen molar-refractivity contribution in [3.8, 4) is 23.4 Å². The molecule has 0 aliphatic carbocycles. The van der Waals surface area contributed by atoms with Crippen molar-refractivity contribution in [2.24, 2.45) is 0 Å². The van der Waals surface area contributed by atoms with Crippen LogP contribution in [0.15, 0.2) is 72.9 Å². The van der Waals surface area contributed by atoms with Crippen LogP contribution in [0.3, 0.4) is 0 Å². The highest BCUT2D eigenvalue weighted by Gasteiger charge is 2.07. The van der Waals surface area contributed by atoms with Crippen molar-refractivity contribution in [1.29, 1.82) is 5.26 Å². The maximum atomic E-state index is 8.79. The molecule has 4 heteroatoms. The molecule has 1 aromatic heterocycles. The number of hydrogen-bond acceptors (Lipinski definition) is 4. The minimum Gasteiger partial charge on any atom is -0.485 e. The zero-order chi connectivity index (χ0) is 15.9. The molecule has 0 atom stereocenters. The van der Waals surface area contributed by atoms with Crippen LogP contribution in [0.1, 0.15) is 11.1 Å². The summed E-state index contributed by atoms with van der Waals surface area (Å²) in [5.41, 5.74) is 1.57. The van der Waals surface area contributed by atoms with E-state index in [0.717, 1.165) is 5.56 Å². The molecule has 0 fully saturated rings. The second-order valence-corrected chi connectivity index (χ2v) is 4.82. The molecule has 3 aromatic rings. The summed E-state index contributed by atoms with van der Waals surface area (Å²) in [7, 11) is 0. The van der Waals surface area contributed by atoms with Gasteiger partial charge in [0, 0.05) is 12.3 Å². The van der Waals surface area contributed by atoms with E-state index in [0.29, 0.717) is 29.5 Å². The fourth-order valence-corrected chi connectivity index (χ4v) is 2.01. The van der Waals surface area contributed by atoms with Crippen molar-refractivity contribution >= 4 is 0 Å². The molecule has 2 aromatic carbocycles. The lowest BCUT2D eigenvalue weighted by Crippen LogP contribution is -1.97. The van der Waals surface area contributed by atoms with Gasteiger partial charge in [0.05, 0.1) is 5.56 Å². The van der Waals surface area contributed by atoms with Crippen LogP contribution in [0.25, 0.3) is 0 Å². The molecule has 0 amide bonds. The molecule has 0 saturated carbocycles. The minimum atomic E-state index is 0.416. The van der Waals surface area contributed by atoms with Crippen LogP contribution in [-0.2, 0) is 6.61 Å². The molecule has 0 radical (unpaired) electrons. The van der Waals surface area contributed by atoms with Crippen LogP contribution in [0.2, 0.25) is 0 Å². The maximum absolute atomic E-state index is 8.79. The van der Waals surface area contributed by atoms with E-state index in [1.165, 1.54) is 6.20 Å². The second kappa shape index (κ2) is 7.10. The van der Waals surface area contributed by atoms with E-state index in [1.807, 2.05) is 60.7 Å². The van der Waals surface area contributed by atoms with Crippen LogP contribution in [0.5, 0.6) is 17.4 Å². The van der Waals surface area contributed by atoms with Gasteiger partial charge in [0.15, 0.2) is 11.5 Å². The highest BCUT2D eigenvalue weighted by atomic mass is 16.5. The minimum absolute atomic E-state index is 0.416. The van der Waals surface area contributed by atoms with Gasteiger partial charge in [-0.3, -0.25) is 0 Å². The fraction of sp³-hybridized carbons (Fsp3) is 0.0526. The molecule has 23 heavy (non-hydrogen) atoms. The summed E-state index contributed by atoms with van der Waals surface area (Å²) in [6.45, 7) is 0.460. The van der Waals surface area contributed by atoms with E-state index in [9.17, 15) is 0 Å². The summed E-state index contributed by atoms with van der Waals surface area (Å²) in [5, 5.41) is 8.79. The molecule has 0 aliphatic rings. The van der Waals surface area contributed by atoms with Gasteiger partial charge in [-0.25, -0.2) is 4.98 Å². The summed E-state index contributed by atoms with van der Waals surface area (Å²) in [6, 6.07) is 22.7. The predicted octanol–water partition coefficient (Wildman–Crippen LogP) is 4.32.